The molecule has 1 fully saturated rings. The van der Waals surface area contributed by atoms with Crippen molar-refractivity contribution in [3.05, 3.63) is 76.9 Å². The van der Waals surface area contributed by atoms with Crippen LogP contribution < -0.4 is 16.4 Å². The third kappa shape index (κ3) is 12.8. The molecule has 228 valence electrons. The average Bonchev–Trinajstić information content (AvgIpc) is 3.46. The normalized spacial score (nSPS) is 16.8. The number of hydrogen-bond donors (Lipinski definition) is 3. The molecule has 41 heavy (non-hydrogen) atoms. The molecule has 1 aromatic carbocycles. The van der Waals surface area contributed by atoms with E-state index >= 15 is 4.39 Å². The Bertz CT molecular complexity index is 1070. The number of halogens is 4. The number of allylic oxidation sites excluding steroid dienone is 6. The molecule has 0 spiro atoms. The van der Waals surface area contributed by atoms with Crippen molar-refractivity contribution in [3.63, 3.8) is 0 Å². The minimum Gasteiger partial charge on any atom is -0.380 e. The van der Waals surface area contributed by atoms with Crippen LogP contribution in [0.2, 0.25) is 0 Å². The number of amides is 1. The second-order valence-corrected chi connectivity index (χ2v) is 10.5. The predicted molar refractivity (Wildman–Crippen MR) is 158 cm³/mol. The predicted octanol–water partition coefficient (Wildman–Crippen LogP) is 7.63. The summed E-state index contributed by atoms with van der Waals surface area (Å²) in [5, 5.41) is 5.88. The summed E-state index contributed by atoms with van der Waals surface area (Å²) in [6.07, 6.45) is 11.0. The number of benzene rings is 1. The van der Waals surface area contributed by atoms with Crippen molar-refractivity contribution in [1.82, 2.24) is 5.32 Å². The number of ether oxygens (including phenoxy) is 1. The van der Waals surface area contributed by atoms with Crippen molar-refractivity contribution in [3.8, 4) is 0 Å². The number of hydrogen-bond acceptors (Lipinski definition) is 4. The lowest BCUT2D eigenvalue weighted by atomic mass is 9.96. The maximum Gasteiger partial charge on any atom is 0.270 e. The average molecular weight is 580 g/mol. The van der Waals surface area contributed by atoms with Gasteiger partial charge in [-0.15, -0.1) is 0 Å². The Kier molecular flexibility index (Phi) is 15.1. The topological polar surface area (TPSA) is 76.4 Å². The first kappa shape index (κ1) is 34.5. The van der Waals surface area contributed by atoms with Crippen LogP contribution in [0.15, 0.2) is 71.4 Å². The zero-order valence-corrected chi connectivity index (χ0v) is 24.5. The number of rotatable bonds is 17. The Balaban J connectivity index is 2.13. The quantitative estimate of drug-likeness (QED) is 0.0768. The van der Waals surface area contributed by atoms with Crippen LogP contribution in [0.25, 0.3) is 0 Å². The standard InChI is InChI=1S/C32H45F4N3O2/c1-4-6-11-24(30(34)29(33)16-18-41-19-17-38-22-27(37)5-2)21-25(20-23-9-7-8-10-23)31(40)39-28-14-12-26(13-15-28)32(3,35)36/h4,6,11-15,20,23,27,38H,5,7-10,16-19,21-22,37H2,1-3H3,(H,39,40)/b6-4+,24-11-,25-20+,30-29-. The van der Waals surface area contributed by atoms with Gasteiger partial charge in [0, 0.05) is 55.7 Å². The van der Waals surface area contributed by atoms with Crippen LogP contribution in [0.5, 0.6) is 0 Å². The first-order chi connectivity index (χ1) is 19.5. The Labute approximate surface area is 242 Å². The van der Waals surface area contributed by atoms with Crippen LogP contribution >= 0.6 is 0 Å². The lowest BCUT2D eigenvalue weighted by molar-refractivity contribution is -0.113. The summed E-state index contributed by atoms with van der Waals surface area (Å²) >= 11 is 0. The van der Waals surface area contributed by atoms with E-state index in [-0.39, 0.29) is 42.5 Å². The van der Waals surface area contributed by atoms with E-state index in [2.05, 4.69) is 10.6 Å². The third-order valence-electron chi connectivity index (χ3n) is 6.99. The molecule has 0 heterocycles. The first-order valence-electron chi connectivity index (χ1n) is 14.5. The van der Waals surface area contributed by atoms with Gasteiger partial charge in [0.05, 0.1) is 13.2 Å². The van der Waals surface area contributed by atoms with Crippen molar-refractivity contribution in [2.75, 3.05) is 31.6 Å². The van der Waals surface area contributed by atoms with Crippen LogP contribution in [-0.4, -0.2) is 38.3 Å². The molecule has 1 amide bonds. The Morgan fingerprint density at radius 2 is 1.83 bits per heavy atom. The molecular formula is C32H45F4N3O2. The molecule has 2 rings (SSSR count). The van der Waals surface area contributed by atoms with E-state index < -0.39 is 23.5 Å². The molecule has 0 radical (unpaired) electrons. The molecular weight excluding hydrogens is 534 g/mol. The number of nitrogens with two attached hydrogens (primary N) is 1. The van der Waals surface area contributed by atoms with E-state index in [1.165, 1.54) is 30.3 Å². The van der Waals surface area contributed by atoms with Crippen molar-refractivity contribution in [2.24, 2.45) is 11.7 Å². The number of alkyl halides is 2. The minimum atomic E-state index is -3.00. The van der Waals surface area contributed by atoms with Crippen LogP contribution in [-0.2, 0) is 15.5 Å². The van der Waals surface area contributed by atoms with E-state index in [4.69, 9.17) is 10.5 Å². The molecule has 1 aliphatic carbocycles. The van der Waals surface area contributed by atoms with Gasteiger partial charge in [-0.1, -0.05) is 56.2 Å². The van der Waals surface area contributed by atoms with Gasteiger partial charge in [0.2, 0.25) is 0 Å². The summed E-state index contributed by atoms with van der Waals surface area (Å²) in [5.41, 5.74) is 6.35. The van der Waals surface area contributed by atoms with E-state index in [0.717, 1.165) is 39.0 Å². The summed E-state index contributed by atoms with van der Waals surface area (Å²) < 4.78 is 62.8. The summed E-state index contributed by atoms with van der Waals surface area (Å²) in [4.78, 5) is 13.3. The fourth-order valence-corrected chi connectivity index (χ4v) is 4.43. The molecule has 9 heteroatoms. The van der Waals surface area contributed by atoms with Gasteiger partial charge in [-0.3, -0.25) is 4.79 Å². The van der Waals surface area contributed by atoms with Crippen molar-refractivity contribution in [1.29, 1.82) is 0 Å². The van der Waals surface area contributed by atoms with E-state index in [9.17, 15) is 18.0 Å². The lowest BCUT2D eigenvalue weighted by Crippen LogP contribution is -2.34. The van der Waals surface area contributed by atoms with Crippen LogP contribution in [0.1, 0.15) is 71.3 Å². The van der Waals surface area contributed by atoms with Gasteiger partial charge in [-0.2, -0.15) is 0 Å². The zero-order valence-electron chi connectivity index (χ0n) is 24.5. The molecule has 0 bridgehead atoms. The number of nitrogens with one attached hydrogen (secondary N) is 2. The lowest BCUT2D eigenvalue weighted by Gasteiger charge is -2.15. The highest BCUT2D eigenvalue weighted by Crippen LogP contribution is 2.32. The van der Waals surface area contributed by atoms with Crippen LogP contribution in [0.3, 0.4) is 0 Å². The summed E-state index contributed by atoms with van der Waals surface area (Å²) in [5.74, 6) is -5.28. The molecule has 1 saturated carbocycles. The van der Waals surface area contributed by atoms with E-state index in [0.29, 0.717) is 31.0 Å². The third-order valence-corrected chi connectivity index (χ3v) is 6.99. The number of carbonyl (C=O) groups is 1. The Hall–Kier alpha value is -2.75. The molecule has 0 aliphatic heterocycles. The zero-order chi connectivity index (χ0) is 30.3. The second-order valence-electron chi connectivity index (χ2n) is 10.5. The smallest absolute Gasteiger partial charge is 0.270 e. The van der Waals surface area contributed by atoms with Gasteiger partial charge in [0.15, 0.2) is 5.83 Å². The number of anilines is 1. The van der Waals surface area contributed by atoms with Crippen LogP contribution in [0.4, 0.5) is 23.2 Å². The highest BCUT2D eigenvalue weighted by molar-refractivity contribution is 6.04. The molecule has 5 nitrogen and oxygen atoms in total. The number of carbonyl (C=O) groups excluding carboxylic acids is 1. The molecule has 1 unspecified atom stereocenters. The maximum absolute atomic E-state index is 15.4. The SMILES string of the molecule is C/C=C/C=C(C/C(=C\C1CCCC1)C(=O)Nc1ccc(C(C)(F)F)cc1)\C(F)=C(\F)CCOCCNCC(N)CC. The molecule has 0 aromatic heterocycles. The Morgan fingerprint density at radius 3 is 2.44 bits per heavy atom. The molecule has 4 N–H and O–H groups in total. The van der Waals surface area contributed by atoms with Crippen molar-refractivity contribution < 1.29 is 27.1 Å². The second kappa shape index (κ2) is 17.9. The molecule has 1 aliphatic rings. The summed E-state index contributed by atoms with van der Waals surface area (Å²) in [7, 11) is 0. The van der Waals surface area contributed by atoms with Gasteiger partial charge in [0.1, 0.15) is 5.83 Å². The molecule has 1 atom stereocenters. The molecule has 1 aromatic rings. The van der Waals surface area contributed by atoms with Gasteiger partial charge in [-0.25, -0.2) is 17.6 Å². The maximum atomic E-state index is 15.4. The van der Waals surface area contributed by atoms with Crippen LogP contribution in [0, 0.1) is 5.92 Å². The summed E-state index contributed by atoms with van der Waals surface area (Å²) in [6.45, 7) is 6.13. The van der Waals surface area contributed by atoms with Crippen molar-refractivity contribution in [2.45, 2.75) is 77.7 Å². The largest absolute Gasteiger partial charge is 0.380 e. The van der Waals surface area contributed by atoms with Crippen molar-refractivity contribution >= 4 is 11.6 Å². The highest BCUT2D eigenvalue weighted by atomic mass is 19.3. The molecule has 0 saturated heterocycles. The first-order valence-corrected chi connectivity index (χ1v) is 14.5. The Morgan fingerprint density at radius 1 is 1.15 bits per heavy atom. The van der Waals surface area contributed by atoms with Gasteiger partial charge >= 0.3 is 0 Å². The minimum absolute atomic E-state index is 0.00964. The van der Waals surface area contributed by atoms with Gasteiger partial charge in [-0.05, 0) is 49.8 Å². The highest BCUT2D eigenvalue weighted by Gasteiger charge is 2.24. The van der Waals surface area contributed by atoms with E-state index in [1.807, 2.05) is 13.0 Å². The van der Waals surface area contributed by atoms with Gasteiger partial charge < -0.3 is 21.1 Å². The van der Waals surface area contributed by atoms with E-state index in [1.54, 1.807) is 19.1 Å². The summed E-state index contributed by atoms with van der Waals surface area (Å²) in [6, 6.07) is 5.38. The monoisotopic (exact) mass is 579 g/mol. The van der Waals surface area contributed by atoms with Gasteiger partial charge in [0.25, 0.3) is 11.8 Å². The fourth-order valence-electron chi connectivity index (χ4n) is 4.43. The fraction of sp³-hybridized carbons (Fsp3) is 0.531.